The first-order valence-electron chi connectivity index (χ1n) is 13.0. The second-order valence-corrected chi connectivity index (χ2v) is 12.8. The Labute approximate surface area is 243 Å². The van der Waals surface area contributed by atoms with Crippen LogP contribution >= 0.6 is 23.4 Å². The van der Waals surface area contributed by atoms with Crippen LogP contribution in [-0.4, -0.2) is 54.1 Å². The van der Waals surface area contributed by atoms with Gasteiger partial charge in [-0.1, -0.05) is 41.6 Å². The lowest BCUT2D eigenvalue weighted by atomic mass is 9.77. The fourth-order valence-corrected chi connectivity index (χ4v) is 7.28. The average Bonchev–Trinajstić information content (AvgIpc) is 3.32. The Bertz CT molecular complexity index is 1640. The van der Waals surface area contributed by atoms with E-state index < -0.39 is 11.1 Å². The molecule has 0 bridgehead atoms. The Kier molecular flexibility index (Phi) is 7.66. The molecule has 2 fully saturated rings. The normalized spacial score (nSPS) is 19.4. The number of halogens is 1. The van der Waals surface area contributed by atoms with Crippen molar-refractivity contribution in [2.75, 3.05) is 24.6 Å². The number of aromatic nitrogens is 4. The highest BCUT2D eigenvalue weighted by molar-refractivity contribution is 7.99. The lowest BCUT2D eigenvalue weighted by molar-refractivity contribution is 0.0976. The fourth-order valence-electron chi connectivity index (χ4n) is 5.61. The van der Waals surface area contributed by atoms with Crippen LogP contribution in [0.4, 0.5) is 5.82 Å². The Hall–Kier alpha value is -2.83. The molecule has 6 rings (SSSR count). The molecule has 2 aliphatic heterocycles. The maximum Gasteiger partial charge on any atom is 0.263 e. The molecule has 2 aliphatic rings. The minimum Gasteiger partial charge on any atom is -0.378 e. The number of anilines is 1. The first kappa shape index (κ1) is 27.3. The van der Waals surface area contributed by atoms with E-state index in [1.165, 1.54) is 22.7 Å². The molecule has 2 saturated heterocycles. The molecule has 0 saturated carbocycles. The third-order valence-corrected chi connectivity index (χ3v) is 10.0. The van der Waals surface area contributed by atoms with Crippen LogP contribution in [0.1, 0.15) is 31.7 Å². The Balaban J connectivity index is 1.20. The van der Waals surface area contributed by atoms with Gasteiger partial charge >= 0.3 is 0 Å². The lowest BCUT2D eigenvalue weighted by Crippen LogP contribution is -2.41. The van der Waals surface area contributed by atoms with Crippen molar-refractivity contribution < 1.29 is 13.5 Å². The summed E-state index contributed by atoms with van der Waals surface area (Å²) in [5.41, 5.74) is 1.00. The topological polar surface area (TPSA) is 110 Å². The predicted octanol–water partition coefficient (Wildman–Crippen LogP) is 5.02. The zero-order valence-electron chi connectivity index (χ0n) is 21.8. The molecule has 0 radical (unpaired) electrons. The summed E-state index contributed by atoms with van der Waals surface area (Å²) < 4.78 is 28.6. The molecule has 12 heteroatoms. The van der Waals surface area contributed by atoms with E-state index in [-0.39, 0.29) is 27.4 Å². The van der Waals surface area contributed by atoms with Gasteiger partial charge in [0.1, 0.15) is 10.8 Å². The Morgan fingerprint density at radius 3 is 2.65 bits per heavy atom. The van der Waals surface area contributed by atoms with Gasteiger partial charge in [-0.15, -0.1) is 0 Å². The number of hydrogen-bond donors (Lipinski definition) is 1. The highest BCUT2D eigenvalue weighted by atomic mass is 35.5. The third kappa shape index (κ3) is 5.40. The van der Waals surface area contributed by atoms with E-state index in [2.05, 4.69) is 26.8 Å². The summed E-state index contributed by atoms with van der Waals surface area (Å²) in [7, 11) is 0. The van der Waals surface area contributed by atoms with Crippen molar-refractivity contribution in [1.82, 2.24) is 19.5 Å². The molecule has 4 aromatic rings. The van der Waals surface area contributed by atoms with Gasteiger partial charge in [0.25, 0.3) is 5.56 Å². The van der Waals surface area contributed by atoms with Crippen LogP contribution in [0.2, 0.25) is 5.02 Å². The summed E-state index contributed by atoms with van der Waals surface area (Å²) in [5.74, 6) is 0.854. The molecule has 208 valence electrons. The van der Waals surface area contributed by atoms with E-state index in [1.54, 1.807) is 42.7 Å². The van der Waals surface area contributed by atoms with Crippen LogP contribution in [0.3, 0.4) is 0 Å². The van der Waals surface area contributed by atoms with Gasteiger partial charge in [-0.3, -0.25) is 9.36 Å². The number of piperidine rings is 1. The maximum absolute atomic E-state index is 13.4. The van der Waals surface area contributed by atoms with E-state index in [0.29, 0.717) is 32.5 Å². The van der Waals surface area contributed by atoms with E-state index in [4.69, 9.17) is 16.3 Å². The van der Waals surface area contributed by atoms with Crippen molar-refractivity contribution in [3.05, 3.63) is 76.1 Å². The SMILES string of the molecule is C[C@H]1CC2(CCN(c3cnc(Sc4ccc5ncn(Cc6ccccc6S(=O)O)c(=O)c5c4Cl)cn3)CC2)CO1. The van der Waals surface area contributed by atoms with Crippen molar-refractivity contribution >= 4 is 51.2 Å². The number of nitrogens with zero attached hydrogens (tertiary/aromatic N) is 5. The van der Waals surface area contributed by atoms with Crippen LogP contribution in [0.5, 0.6) is 0 Å². The maximum atomic E-state index is 13.4. The molecule has 4 heterocycles. The first-order valence-corrected chi connectivity index (χ1v) is 15.3. The van der Waals surface area contributed by atoms with Crippen LogP contribution in [0.25, 0.3) is 10.9 Å². The number of ether oxygens (including phenoxy) is 1. The molecule has 40 heavy (non-hydrogen) atoms. The van der Waals surface area contributed by atoms with Gasteiger partial charge in [0.2, 0.25) is 0 Å². The van der Waals surface area contributed by atoms with Crippen LogP contribution < -0.4 is 10.5 Å². The summed E-state index contributed by atoms with van der Waals surface area (Å²) in [4.78, 5) is 30.3. The quantitative estimate of drug-likeness (QED) is 0.306. The number of fused-ring (bicyclic) bond motifs is 1. The van der Waals surface area contributed by atoms with Gasteiger partial charge in [-0.2, -0.15) is 0 Å². The van der Waals surface area contributed by atoms with Gasteiger partial charge in [0.05, 0.1) is 58.8 Å². The Morgan fingerprint density at radius 2 is 1.95 bits per heavy atom. The van der Waals surface area contributed by atoms with E-state index in [1.807, 2.05) is 6.07 Å². The molecular formula is C28H28ClN5O4S2. The molecule has 9 nitrogen and oxygen atoms in total. The summed E-state index contributed by atoms with van der Waals surface area (Å²) in [5, 5.41) is 1.24. The number of rotatable bonds is 6. The summed E-state index contributed by atoms with van der Waals surface area (Å²) in [6.45, 7) is 4.97. The molecule has 2 aromatic heterocycles. The minimum atomic E-state index is -2.17. The Morgan fingerprint density at radius 1 is 1.15 bits per heavy atom. The van der Waals surface area contributed by atoms with Crippen molar-refractivity contribution in [3.63, 3.8) is 0 Å². The summed E-state index contributed by atoms with van der Waals surface area (Å²) in [6, 6.07) is 10.3. The van der Waals surface area contributed by atoms with Gasteiger partial charge < -0.3 is 14.2 Å². The van der Waals surface area contributed by atoms with Crippen molar-refractivity contribution in [2.24, 2.45) is 5.41 Å². The number of hydrogen-bond acceptors (Lipinski definition) is 8. The zero-order valence-corrected chi connectivity index (χ0v) is 24.2. The largest absolute Gasteiger partial charge is 0.378 e. The third-order valence-electron chi connectivity index (χ3n) is 7.77. The second-order valence-electron chi connectivity index (χ2n) is 10.4. The highest BCUT2D eigenvalue weighted by Gasteiger charge is 2.41. The standard InChI is InChI=1S/C28H28ClN5O4S2/c1-18-12-28(16-38-18)8-10-33(11-9-28)23-13-31-24(14-30-23)39-21-7-6-20-25(26(21)29)27(35)34(17-32-20)15-19-4-2-3-5-22(19)40(36)37/h2-7,13-14,17-18H,8-12,15-16H2,1H3,(H,36,37)/t18-/m0/s1. The predicted molar refractivity (Wildman–Crippen MR) is 156 cm³/mol. The van der Waals surface area contributed by atoms with Gasteiger partial charge in [0, 0.05) is 18.0 Å². The van der Waals surface area contributed by atoms with Crippen molar-refractivity contribution in [1.29, 1.82) is 0 Å². The fraction of sp³-hybridized carbons (Fsp3) is 0.357. The molecular weight excluding hydrogens is 570 g/mol. The second kappa shape index (κ2) is 11.2. The summed E-state index contributed by atoms with van der Waals surface area (Å²) >= 11 is 5.91. The average molecular weight is 598 g/mol. The minimum absolute atomic E-state index is 0.0918. The molecule has 1 spiro atoms. The van der Waals surface area contributed by atoms with Crippen molar-refractivity contribution in [2.45, 2.75) is 53.7 Å². The molecule has 0 aliphatic carbocycles. The molecule has 0 amide bonds. The molecule has 1 unspecified atom stereocenters. The monoisotopic (exact) mass is 597 g/mol. The van der Waals surface area contributed by atoms with Gasteiger partial charge in [-0.25, -0.2) is 19.2 Å². The van der Waals surface area contributed by atoms with Crippen LogP contribution in [-0.2, 0) is 22.4 Å². The van der Waals surface area contributed by atoms with Crippen molar-refractivity contribution in [3.8, 4) is 0 Å². The lowest BCUT2D eigenvalue weighted by Gasteiger charge is -2.38. The first-order chi connectivity index (χ1) is 19.3. The van der Waals surface area contributed by atoms with Crippen LogP contribution in [0, 0.1) is 5.41 Å². The smallest absolute Gasteiger partial charge is 0.263 e. The molecule has 2 aromatic carbocycles. The van der Waals surface area contributed by atoms with E-state index in [9.17, 15) is 13.6 Å². The summed E-state index contributed by atoms with van der Waals surface area (Å²) in [6.07, 6.45) is 8.62. The van der Waals surface area contributed by atoms with Gasteiger partial charge in [-0.05, 0) is 55.4 Å². The number of benzene rings is 2. The highest BCUT2D eigenvalue weighted by Crippen LogP contribution is 2.42. The van der Waals surface area contributed by atoms with Crippen LogP contribution in [0.15, 0.2) is 74.7 Å². The zero-order chi connectivity index (χ0) is 27.9. The molecule has 2 atom stereocenters. The molecule has 1 N–H and O–H groups in total. The van der Waals surface area contributed by atoms with Gasteiger partial charge in [0.15, 0.2) is 11.1 Å². The van der Waals surface area contributed by atoms with E-state index in [0.717, 1.165) is 44.8 Å². The van der Waals surface area contributed by atoms with E-state index >= 15 is 0 Å².